The first kappa shape index (κ1) is 13.9. The summed E-state index contributed by atoms with van der Waals surface area (Å²) in [6.45, 7) is 4.24. The molecule has 6 heteroatoms. The Kier molecular flexibility index (Phi) is 3.79. The minimum atomic E-state index is 0.179. The van der Waals surface area contributed by atoms with Gasteiger partial charge in [0.2, 0.25) is 5.95 Å². The van der Waals surface area contributed by atoms with Gasteiger partial charge in [0.25, 0.3) is 0 Å². The molecular formula is C15H21N5O. The quantitative estimate of drug-likeness (QED) is 0.843. The van der Waals surface area contributed by atoms with Gasteiger partial charge in [0.05, 0.1) is 12.6 Å². The number of hydrogen-bond acceptors (Lipinski definition) is 6. The van der Waals surface area contributed by atoms with Gasteiger partial charge in [-0.2, -0.15) is 4.98 Å². The van der Waals surface area contributed by atoms with Crippen molar-refractivity contribution >= 4 is 11.8 Å². The third kappa shape index (κ3) is 3.00. The Labute approximate surface area is 124 Å². The van der Waals surface area contributed by atoms with Crippen LogP contribution in [0.3, 0.4) is 0 Å². The van der Waals surface area contributed by atoms with E-state index < -0.39 is 0 Å². The third-order valence-electron chi connectivity index (χ3n) is 3.87. The Morgan fingerprint density at radius 2 is 2.19 bits per heavy atom. The maximum absolute atomic E-state index is 5.87. The van der Waals surface area contributed by atoms with Crippen LogP contribution in [0.15, 0.2) is 30.0 Å². The fourth-order valence-corrected chi connectivity index (χ4v) is 2.92. The van der Waals surface area contributed by atoms with Crippen LogP contribution < -0.4 is 16.4 Å². The average Bonchev–Trinajstić information content (AvgIpc) is 2.72. The van der Waals surface area contributed by atoms with Crippen LogP contribution in [0.25, 0.3) is 0 Å². The number of nitrogens with two attached hydrogens (primary N) is 2. The first-order valence-corrected chi connectivity index (χ1v) is 7.24. The molecule has 1 aliphatic heterocycles. The van der Waals surface area contributed by atoms with Crippen LogP contribution >= 0.6 is 0 Å². The Balaban J connectivity index is 1.93. The highest BCUT2D eigenvalue weighted by Crippen LogP contribution is 2.27. The second-order valence-corrected chi connectivity index (χ2v) is 5.52. The first-order chi connectivity index (χ1) is 10.1. The summed E-state index contributed by atoms with van der Waals surface area (Å²) in [5, 5.41) is 0. The maximum Gasteiger partial charge on any atom is 0.222 e. The summed E-state index contributed by atoms with van der Waals surface area (Å²) in [6.07, 6.45) is 7.12. The molecule has 0 saturated carbocycles. The predicted molar refractivity (Wildman–Crippen MR) is 82.7 cm³/mol. The van der Waals surface area contributed by atoms with E-state index in [0.29, 0.717) is 12.6 Å². The van der Waals surface area contributed by atoms with E-state index in [4.69, 9.17) is 16.2 Å². The molecule has 0 bridgehead atoms. The van der Waals surface area contributed by atoms with Crippen molar-refractivity contribution in [2.24, 2.45) is 11.7 Å². The van der Waals surface area contributed by atoms with Crippen LogP contribution in [0.4, 0.5) is 11.8 Å². The van der Waals surface area contributed by atoms with Crippen molar-refractivity contribution in [1.29, 1.82) is 0 Å². The van der Waals surface area contributed by atoms with Crippen molar-refractivity contribution in [2.75, 3.05) is 30.4 Å². The maximum atomic E-state index is 5.87. The highest BCUT2D eigenvalue weighted by molar-refractivity contribution is 5.46. The summed E-state index contributed by atoms with van der Waals surface area (Å²) in [7, 11) is 0. The number of anilines is 2. The summed E-state index contributed by atoms with van der Waals surface area (Å²) in [5.74, 6) is 1.41. The molecule has 1 aromatic heterocycles. The number of nitrogen functional groups attached to an aromatic ring is 1. The van der Waals surface area contributed by atoms with E-state index in [0.717, 1.165) is 36.8 Å². The molecular weight excluding hydrogens is 266 g/mol. The van der Waals surface area contributed by atoms with Crippen LogP contribution in [0.1, 0.15) is 12.1 Å². The molecule has 2 heterocycles. The number of aryl methyl sites for hydroxylation is 1. The second kappa shape index (κ2) is 5.73. The number of hydrogen-bond donors (Lipinski definition) is 2. The zero-order valence-electron chi connectivity index (χ0n) is 12.2. The molecule has 6 nitrogen and oxygen atoms in total. The summed E-state index contributed by atoms with van der Waals surface area (Å²) in [4.78, 5) is 10.8. The fourth-order valence-electron chi connectivity index (χ4n) is 2.92. The minimum absolute atomic E-state index is 0.179. The highest BCUT2D eigenvalue weighted by atomic mass is 16.5. The lowest BCUT2D eigenvalue weighted by atomic mass is 10.0. The van der Waals surface area contributed by atoms with E-state index in [1.165, 1.54) is 0 Å². The minimum Gasteiger partial charge on any atom is -0.399 e. The molecule has 2 atom stereocenters. The third-order valence-corrected chi connectivity index (χ3v) is 3.87. The molecule has 3 rings (SSSR count). The van der Waals surface area contributed by atoms with Gasteiger partial charge in [-0.3, -0.25) is 0 Å². The summed E-state index contributed by atoms with van der Waals surface area (Å²) >= 11 is 0. The van der Waals surface area contributed by atoms with Crippen molar-refractivity contribution < 1.29 is 4.74 Å². The number of allylic oxidation sites excluding steroid dienone is 1. The molecule has 21 heavy (non-hydrogen) atoms. The van der Waals surface area contributed by atoms with Crippen LogP contribution in [0, 0.1) is 12.8 Å². The SMILES string of the molecule is Cc1cc(N2CCCOCC2C2C=CC(N)=C2)nc(N)n1. The van der Waals surface area contributed by atoms with E-state index in [-0.39, 0.29) is 12.0 Å². The van der Waals surface area contributed by atoms with Crippen LogP contribution in [0.2, 0.25) is 0 Å². The molecule has 2 unspecified atom stereocenters. The second-order valence-electron chi connectivity index (χ2n) is 5.52. The molecule has 1 fully saturated rings. The topological polar surface area (TPSA) is 90.3 Å². The molecule has 2 aliphatic rings. The monoisotopic (exact) mass is 287 g/mol. The molecule has 0 aromatic carbocycles. The average molecular weight is 287 g/mol. The van der Waals surface area contributed by atoms with Gasteiger partial charge >= 0.3 is 0 Å². The molecule has 112 valence electrons. The van der Waals surface area contributed by atoms with E-state index >= 15 is 0 Å². The van der Waals surface area contributed by atoms with E-state index in [1.54, 1.807) is 0 Å². The lowest BCUT2D eigenvalue weighted by Gasteiger charge is -2.33. The molecule has 0 spiro atoms. The van der Waals surface area contributed by atoms with Gasteiger partial charge in [-0.15, -0.1) is 0 Å². The Morgan fingerprint density at radius 1 is 1.33 bits per heavy atom. The van der Waals surface area contributed by atoms with Crippen molar-refractivity contribution in [3.63, 3.8) is 0 Å². The Morgan fingerprint density at radius 3 is 2.90 bits per heavy atom. The molecule has 0 radical (unpaired) electrons. The molecule has 4 N–H and O–H groups in total. The number of nitrogens with zero attached hydrogens (tertiary/aromatic N) is 3. The van der Waals surface area contributed by atoms with Gasteiger partial charge in [0.15, 0.2) is 0 Å². The van der Waals surface area contributed by atoms with E-state index in [2.05, 4.69) is 27.0 Å². The molecule has 1 aliphatic carbocycles. The smallest absolute Gasteiger partial charge is 0.222 e. The standard InChI is InChI=1S/C15H21N5O/c1-10-7-14(19-15(17)18-10)20-5-2-6-21-9-13(20)11-3-4-12(16)8-11/h3-4,7-8,11,13H,2,5-6,9,16H2,1H3,(H2,17,18,19). The predicted octanol–water partition coefficient (Wildman–Crippen LogP) is 0.991. The number of rotatable bonds is 2. The summed E-state index contributed by atoms with van der Waals surface area (Å²) in [6, 6.07) is 2.15. The molecule has 1 saturated heterocycles. The van der Waals surface area contributed by atoms with Gasteiger partial charge in [-0.25, -0.2) is 4.98 Å². The van der Waals surface area contributed by atoms with Crippen molar-refractivity contribution in [3.05, 3.63) is 35.7 Å². The zero-order valence-corrected chi connectivity index (χ0v) is 12.2. The van der Waals surface area contributed by atoms with E-state index in [1.807, 2.05) is 19.1 Å². The van der Waals surface area contributed by atoms with Gasteiger partial charge in [-0.05, 0) is 19.4 Å². The Hall–Kier alpha value is -2.08. The van der Waals surface area contributed by atoms with Crippen molar-refractivity contribution in [2.45, 2.75) is 19.4 Å². The summed E-state index contributed by atoms with van der Waals surface area (Å²) in [5.41, 5.74) is 13.4. The van der Waals surface area contributed by atoms with Gasteiger partial charge in [-0.1, -0.05) is 12.2 Å². The van der Waals surface area contributed by atoms with E-state index in [9.17, 15) is 0 Å². The van der Waals surface area contributed by atoms with Gasteiger partial charge in [0.1, 0.15) is 5.82 Å². The molecule has 1 aromatic rings. The first-order valence-electron chi connectivity index (χ1n) is 7.24. The lowest BCUT2D eigenvalue weighted by Crippen LogP contribution is -2.42. The van der Waals surface area contributed by atoms with Gasteiger partial charge in [0, 0.05) is 36.5 Å². The fraction of sp³-hybridized carbons (Fsp3) is 0.467. The largest absolute Gasteiger partial charge is 0.399 e. The van der Waals surface area contributed by atoms with Gasteiger partial charge < -0.3 is 21.1 Å². The number of ether oxygens (including phenoxy) is 1. The Bertz CT molecular complexity index is 563. The lowest BCUT2D eigenvalue weighted by molar-refractivity contribution is 0.129. The van der Waals surface area contributed by atoms with Crippen molar-refractivity contribution in [1.82, 2.24) is 9.97 Å². The zero-order chi connectivity index (χ0) is 14.8. The van der Waals surface area contributed by atoms with Crippen molar-refractivity contribution in [3.8, 4) is 0 Å². The number of aromatic nitrogens is 2. The van der Waals surface area contributed by atoms with Crippen LogP contribution in [-0.2, 0) is 4.74 Å². The van der Waals surface area contributed by atoms with Crippen LogP contribution in [-0.4, -0.2) is 35.8 Å². The molecule has 0 amide bonds. The van der Waals surface area contributed by atoms with Crippen LogP contribution in [0.5, 0.6) is 0 Å². The normalized spacial score (nSPS) is 25.8. The highest BCUT2D eigenvalue weighted by Gasteiger charge is 2.29. The summed E-state index contributed by atoms with van der Waals surface area (Å²) < 4.78 is 5.75.